The summed E-state index contributed by atoms with van der Waals surface area (Å²) in [4.78, 5) is 25.5. The number of benzene rings is 2. The van der Waals surface area contributed by atoms with Gasteiger partial charge in [0.15, 0.2) is 0 Å². The van der Waals surface area contributed by atoms with Crippen molar-refractivity contribution in [3.8, 4) is 0 Å². The van der Waals surface area contributed by atoms with Crippen LogP contribution in [0, 0.1) is 0 Å². The number of carbonyl (C=O) groups excluding carboxylic acids is 2. The largest absolute Gasteiger partial charge is 0.349 e. The van der Waals surface area contributed by atoms with Crippen molar-refractivity contribution in [1.29, 1.82) is 0 Å². The maximum Gasteiger partial charge on any atom is 0.253 e. The highest BCUT2D eigenvalue weighted by molar-refractivity contribution is 7.92. The molecule has 0 heterocycles. The van der Waals surface area contributed by atoms with E-state index in [2.05, 4.69) is 10.6 Å². The van der Waals surface area contributed by atoms with Crippen LogP contribution < -0.4 is 14.9 Å². The van der Waals surface area contributed by atoms with E-state index in [9.17, 15) is 18.0 Å². The Morgan fingerprint density at radius 3 is 2.32 bits per heavy atom. The predicted octanol–water partition coefficient (Wildman–Crippen LogP) is 3.81. The van der Waals surface area contributed by atoms with Crippen molar-refractivity contribution >= 4 is 44.8 Å². The normalized spacial score (nSPS) is 14.6. The van der Waals surface area contributed by atoms with Gasteiger partial charge in [0.05, 0.1) is 23.2 Å². The second kappa shape index (κ2) is 10.2. The van der Waals surface area contributed by atoms with Crippen molar-refractivity contribution in [3.63, 3.8) is 0 Å². The van der Waals surface area contributed by atoms with E-state index in [0.29, 0.717) is 22.0 Å². The van der Waals surface area contributed by atoms with Gasteiger partial charge in [0, 0.05) is 11.1 Å². The lowest BCUT2D eigenvalue weighted by Gasteiger charge is -2.24. The zero-order valence-corrected chi connectivity index (χ0v) is 18.9. The van der Waals surface area contributed by atoms with Crippen molar-refractivity contribution < 1.29 is 18.0 Å². The van der Waals surface area contributed by atoms with Gasteiger partial charge in [0.25, 0.3) is 5.91 Å². The first-order valence-corrected chi connectivity index (χ1v) is 12.4. The molecule has 1 fully saturated rings. The summed E-state index contributed by atoms with van der Waals surface area (Å²) in [6.45, 7) is -0.432. The number of halogens is 1. The predicted molar refractivity (Wildman–Crippen MR) is 123 cm³/mol. The number of para-hydroxylation sites is 1. The molecule has 166 valence electrons. The van der Waals surface area contributed by atoms with Crippen LogP contribution in [0.2, 0.25) is 5.02 Å². The van der Waals surface area contributed by atoms with Crippen LogP contribution in [0.5, 0.6) is 0 Å². The molecule has 0 atom stereocenters. The second-order valence-corrected chi connectivity index (χ2v) is 9.99. The minimum atomic E-state index is -3.71. The fraction of sp³-hybridized carbons (Fsp3) is 0.364. The highest BCUT2D eigenvalue weighted by Gasteiger charge is 2.23. The molecule has 0 saturated heterocycles. The fourth-order valence-corrected chi connectivity index (χ4v) is 4.61. The molecule has 7 nitrogen and oxygen atoms in total. The summed E-state index contributed by atoms with van der Waals surface area (Å²) in [5, 5.41) is 6.17. The van der Waals surface area contributed by atoms with Crippen molar-refractivity contribution in [2.75, 3.05) is 22.4 Å². The Bertz CT molecular complexity index is 1030. The van der Waals surface area contributed by atoms with Gasteiger partial charge in [-0.2, -0.15) is 0 Å². The third-order valence-electron chi connectivity index (χ3n) is 5.19. The summed E-state index contributed by atoms with van der Waals surface area (Å²) < 4.78 is 25.5. The van der Waals surface area contributed by atoms with Gasteiger partial charge in [-0.1, -0.05) is 43.0 Å². The van der Waals surface area contributed by atoms with E-state index < -0.39 is 22.5 Å². The lowest BCUT2D eigenvalue weighted by Crippen LogP contribution is -2.38. The van der Waals surface area contributed by atoms with Crippen LogP contribution in [0.4, 0.5) is 11.4 Å². The van der Waals surface area contributed by atoms with Gasteiger partial charge in [0.2, 0.25) is 15.9 Å². The molecule has 2 aromatic rings. The molecule has 0 radical (unpaired) electrons. The molecular formula is C22H26ClN3O4S. The molecule has 2 aromatic carbocycles. The summed E-state index contributed by atoms with van der Waals surface area (Å²) in [5.74, 6) is -0.807. The summed E-state index contributed by atoms with van der Waals surface area (Å²) in [5.41, 5.74) is 1.01. The average molecular weight is 464 g/mol. The van der Waals surface area contributed by atoms with Crippen LogP contribution in [0.3, 0.4) is 0 Å². The minimum absolute atomic E-state index is 0.135. The Hall–Kier alpha value is -2.58. The van der Waals surface area contributed by atoms with Crippen LogP contribution >= 0.6 is 11.6 Å². The lowest BCUT2D eigenvalue weighted by molar-refractivity contribution is -0.114. The van der Waals surface area contributed by atoms with E-state index in [-0.39, 0.29) is 11.9 Å². The maximum absolute atomic E-state index is 12.8. The van der Waals surface area contributed by atoms with Crippen LogP contribution in [-0.4, -0.2) is 39.1 Å². The Kier molecular flexibility index (Phi) is 7.56. The first kappa shape index (κ1) is 23.1. The quantitative estimate of drug-likeness (QED) is 0.652. The third-order valence-corrected chi connectivity index (χ3v) is 6.58. The SMILES string of the molecule is CS(=O)(=O)N(CC(=O)Nc1ccccc1C(=O)NC1CCCCC1)c1ccc(Cl)cc1. The number of rotatable bonds is 7. The van der Waals surface area contributed by atoms with E-state index in [4.69, 9.17) is 11.6 Å². The third kappa shape index (κ3) is 6.45. The fourth-order valence-electron chi connectivity index (χ4n) is 3.63. The minimum Gasteiger partial charge on any atom is -0.349 e. The first-order chi connectivity index (χ1) is 14.7. The zero-order chi connectivity index (χ0) is 22.4. The summed E-state index contributed by atoms with van der Waals surface area (Å²) in [6, 6.07) is 13.0. The standard InChI is InChI=1S/C22H26ClN3O4S/c1-31(29,30)26(18-13-11-16(23)12-14-18)15-21(27)25-20-10-6-5-9-19(20)22(28)24-17-7-3-2-4-8-17/h5-6,9-14,17H,2-4,7-8,15H2,1H3,(H,24,28)(H,25,27). The monoisotopic (exact) mass is 463 g/mol. The highest BCUT2D eigenvalue weighted by Crippen LogP contribution is 2.22. The number of nitrogens with zero attached hydrogens (tertiary/aromatic N) is 1. The van der Waals surface area contributed by atoms with E-state index in [1.165, 1.54) is 18.6 Å². The number of hydrogen-bond donors (Lipinski definition) is 2. The van der Waals surface area contributed by atoms with Gasteiger partial charge >= 0.3 is 0 Å². The molecule has 9 heteroatoms. The van der Waals surface area contributed by atoms with Crippen molar-refractivity contribution in [2.24, 2.45) is 0 Å². The molecule has 0 aliphatic heterocycles. The average Bonchev–Trinajstić information content (AvgIpc) is 2.73. The van der Waals surface area contributed by atoms with Crippen LogP contribution in [-0.2, 0) is 14.8 Å². The molecule has 1 aliphatic carbocycles. The van der Waals surface area contributed by atoms with E-state index in [0.717, 1.165) is 36.2 Å². The zero-order valence-electron chi connectivity index (χ0n) is 17.3. The molecule has 1 aliphatic rings. The van der Waals surface area contributed by atoms with Gasteiger partial charge in [-0.05, 0) is 49.2 Å². The molecule has 1 saturated carbocycles. The number of hydrogen-bond acceptors (Lipinski definition) is 4. The van der Waals surface area contributed by atoms with E-state index in [1.807, 2.05) is 0 Å². The van der Waals surface area contributed by atoms with Crippen molar-refractivity contribution in [3.05, 3.63) is 59.1 Å². The molecule has 2 N–H and O–H groups in total. The Labute approximate surface area is 187 Å². The molecule has 0 spiro atoms. The Morgan fingerprint density at radius 2 is 1.68 bits per heavy atom. The number of sulfonamides is 1. The first-order valence-electron chi connectivity index (χ1n) is 10.2. The molecule has 3 rings (SSSR count). The molecule has 0 bridgehead atoms. The highest BCUT2D eigenvalue weighted by atomic mass is 35.5. The lowest BCUT2D eigenvalue weighted by atomic mass is 9.95. The smallest absolute Gasteiger partial charge is 0.253 e. The van der Waals surface area contributed by atoms with E-state index >= 15 is 0 Å². The number of anilines is 2. The van der Waals surface area contributed by atoms with E-state index in [1.54, 1.807) is 36.4 Å². The summed E-state index contributed by atoms with van der Waals surface area (Å²) >= 11 is 5.88. The second-order valence-electron chi connectivity index (χ2n) is 7.65. The van der Waals surface area contributed by atoms with Crippen LogP contribution in [0.1, 0.15) is 42.5 Å². The van der Waals surface area contributed by atoms with Gasteiger partial charge in [0.1, 0.15) is 6.54 Å². The van der Waals surface area contributed by atoms with Crippen LogP contribution in [0.15, 0.2) is 48.5 Å². The molecule has 31 heavy (non-hydrogen) atoms. The van der Waals surface area contributed by atoms with Gasteiger partial charge in [-0.25, -0.2) is 8.42 Å². The summed E-state index contributed by atoms with van der Waals surface area (Å²) in [6.07, 6.45) is 6.30. The van der Waals surface area contributed by atoms with Gasteiger partial charge < -0.3 is 10.6 Å². The Morgan fingerprint density at radius 1 is 1.03 bits per heavy atom. The van der Waals surface area contributed by atoms with Crippen molar-refractivity contribution in [2.45, 2.75) is 38.1 Å². The van der Waals surface area contributed by atoms with Crippen LogP contribution in [0.25, 0.3) is 0 Å². The van der Waals surface area contributed by atoms with Crippen molar-refractivity contribution in [1.82, 2.24) is 5.32 Å². The maximum atomic E-state index is 12.8. The molecular weight excluding hydrogens is 438 g/mol. The topological polar surface area (TPSA) is 95.6 Å². The van der Waals surface area contributed by atoms with Gasteiger partial charge in [-0.3, -0.25) is 13.9 Å². The molecule has 0 aromatic heterocycles. The number of nitrogens with one attached hydrogen (secondary N) is 2. The number of carbonyl (C=O) groups is 2. The molecule has 2 amide bonds. The number of amides is 2. The van der Waals surface area contributed by atoms with Gasteiger partial charge in [-0.15, -0.1) is 0 Å². The molecule has 0 unspecified atom stereocenters. The Balaban J connectivity index is 1.73. The summed E-state index contributed by atoms with van der Waals surface area (Å²) in [7, 11) is -3.71.